The van der Waals surface area contributed by atoms with Crippen molar-refractivity contribution in [2.75, 3.05) is 5.73 Å². The van der Waals surface area contributed by atoms with Gasteiger partial charge in [0.05, 0.1) is 22.6 Å². The van der Waals surface area contributed by atoms with Gasteiger partial charge in [-0.15, -0.1) is 11.3 Å². The molecule has 17 heavy (non-hydrogen) atoms. The van der Waals surface area contributed by atoms with Gasteiger partial charge in [0.25, 0.3) is 0 Å². The third kappa shape index (κ3) is 2.22. The maximum atomic E-state index is 5.49. The minimum absolute atomic E-state index is 0.429. The Bertz CT molecular complexity index is 615. The van der Waals surface area contributed by atoms with Gasteiger partial charge in [-0.3, -0.25) is 0 Å². The molecule has 4 nitrogen and oxygen atoms in total. The summed E-state index contributed by atoms with van der Waals surface area (Å²) in [5.41, 5.74) is 6.50. The molecule has 6 heteroatoms. The van der Waals surface area contributed by atoms with Crippen molar-refractivity contribution in [2.45, 2.75) is 9.37 Å². The van der Waals surface area contributed by atoms with E-state index in [2.05, 4.69) is 21.0 Å². The van der Waals surface area contributed by atoms with E-state index in [9.17, 15) is 0 Å². The highest BCUT2D eigenvalue weighted by Gasteiger charge is 2.05. The molecule has 0 aliphatic carbocycles. The van der Waals surface area contributed by atoms with Gasteiger partial charge < -0.3 is 5.73 Å². The van der Waals surface area contributed by atoms with Crippen LogP contribution in [-0.4, -0.2) is 15.0 Å². The Labute approximate surface area is 106 Å². The summed E-state index contributed by atoms with van der Waals surface area (Å²) >= 11 is 3.15. The molecule has 0 spiro atoms. The summed E-state index contributed by atoms with van der Waals surface area (Å²) in [4.78, 5) is 12.7. The number of anilines is 1. The van der Waals surface area contributed by atoms with Gasteiger partial charge in [0.1, 0.15) is 10.8 Å². The van der Waals surface area contributed by atoms with Crippen LogP contribution in [0.3, 0.4) is 0 Å². The Hall–Kier alpha value is -1.66. The van der Waals surface area contributed by atoms with Crippen LogP contribution in [0.4, 0.5) is 5.82 Å². The first-order chi connectivity index (χ1) is 8.31. The lowest BCUT2D eigenvalue weighted by molar-refractivity contribution is 1.06. The first kappa shape index (κ1) is 10.5. The third-order valence-corrected chi connectivity index (χ3v) is 4.13. The smallest absolute Gasteiger partial charge is 0.157 e. The predicted molar refractivity (Wildman–Crippen MR) is 70.2 cm³/mol. The van der Waals surface area contributed by atoms with Gasteiger partial charge in [0.15, 0.2) is 4.34 Å². The molecule has 2 aromatic heterocycles. The topological polar surface area (TPSA) is 64.7 Å². The molecular formula is C11H8N4S2. The van der Waals surface area contributed by atoms with E-state index < -0.39 is 0 Å². The molecule has 3 aromatic rings. The molecule has 1 aromatic carbocycles. The molecule has 0 fully saturated rings. The minimum atomic E-state index is 0.429. The number of fused-ring (bicyclic) bond motifs is 1. The molecule has 0 saturated heterocycles. The van der Waals surface area contributed by atoms with Gasteiger partial charge in [0, 0.05) is 0 Å². The van der Waals surface area contributed by atoms with E-state index in [4.69, 9.17) is 5.73 Å². The summed E-state index contributed by atoms with van der Waals surface area (Å²) < 4.78 is 2.14. The lowest BCUT2D eigenvalue weighted by Crippen LogP contribution is -1.90. The molecule has 2 heterocycles. The average Bonchev–Trinajstić information content (AvgIpc) is 2.74. The molecule has 0 unspecified atom stereocenters. The normalized spacial score (nSPS) is 10.8. The fraction of sp³-hybridized carbons (Fsp3) is 0. The fourth-order valence-electron chi connectivity index (χ4n) is 1.36. The van der Waals surface area contributed by atoms with Crippen molar-refractivity contribution in [2.24, 2.45) is 0 Å². The summed E-state index contributed by atoms with van der Waals surface area (Å²) in [7, 11) is 0. The molecule has 84 valence electrons. The summed E-state index contributed by atoms with van der Waals surface area (Å²) in [5.74, 6) is 0.429. The van der Waals surface area contributed by atoms with Crippen LogP contribution in [0.5, 0.6) is 0 Å². The van der Waals surface area contributed by atoms with Crippen LogP contribution < -0.4 is 5.73 Å². The van der Waals surface area contributed by atoms with Crippen LogP contribution in [-0.2, 0) is 0 Å². The summed E-state index contributed by atoms with van der Waals surface area (Å²) in [6, 6.07) is 8.06. The standard InChI is InChI=1S/C11H8N4S2/c12-9-5-14-10(6-13-9)17-11-15-7-3-1-2-4-8(7)16-11/h1-6H,(H2,12,13). The van der Waals surface area contributed by atoms with Gasteiger partial charge >= 0.3 is 0 Å². The summed E-state index contributed by atoms with van der Waals surface area (Å²) in [5, 5.41) is 0.804. The molecule has 2 N–H and O–H groups in total. The summed E-state index contributed by atoms with van der Waals surface area (Å²) in [6.45, 7) is 0. The Morgan fingerprint density at radius 3 is 2.76 bits per heavy atom. The number of rotatable bonds is 2. The summed E-state index contributed by atoms with van der Waals surface area (Å²) in [6.07, 6.45) is 3.21. The molecule has 0 amide bonds. The van der Waals surface area contributed by atoms with E-state index in [1.807, 2.05) is 18.2 Å². The molecule has 0 aliphatic heterocycles. The molecule has 0 saturated carbocycles. The zero-order valence-corrected chi connectivity index (χ0v) is 10.3. The number of hydrogen-bond acceptors (Lipinski definition) is 6. The van der Waals surface area contributed by atoms with Crippen molar-refractivity contribution >= 4 is 39.1 Å². The number of para-hydroxylation sites is 1. The maximum absolute atomic E-state index is 5.49. The monoisotopic (exact) mass is 260 g/mol. The Kier molecular flexibility index (Phi) is 2.66. The number of aromatic nitrogens is 3. The molecule has 0 radical (unpaired) electrons. The maximum Gasteiger partial charge on any atom is 0.157 e. The number of nitrogens with two attached hydrogens (primary N) is 1. The van der Waals surface area contributed by atoms with Gasteiger partial charge in [-0.25, -0.2) is 15.0 Å². The van der Waals surface area contributed by atoms with Crippen molar-refractivity contribution in [1.82, 2.24) is 15.0 Å². The lowest BCUT2D eigenvalue weighted by Gasteiger charge is -1.95. The SMILES string of the molecule is Nc1cnc(Sc2nc3ccccc3s2)cn1. The van der Waals surface area contributed by atoms with E-state index in [1.54, 1.807) is 23.7 Å². The van der Waals surface area contributed by atoms with Gasteiger partial charge in [0.2, 0.25) is 0 Å². The van der Waals surface area contributed by atoms with Gasteiger partial charge in [-0.05, 0) is 23.9 Å². The highest BCUT2D eigenvalue weighted by atomic mass is 32.2. The largest absolute Gasteiger partial charge is 0.382 e. The van der Waals surface area contributed by atoms with Crippen LogP contribution >= 0.6 is 23.1 Å². The molecular weight excluding hydrogens is 252 g/mol. The zero-order valence-electron chi connectivity index (χ0n) is 8.70. The molecule has 0 bridgehead atoms. The number of thiazole rings is 1. The second-order valence-corrected chi connectivity index (χ2v) is 5.63. The van der Waals surface area contributed by atoms with E-state index in [-0.39, 0.29) is 0 Å². The van der Waals surface area contributed by atoms with Gasteiger partial charge in [-0.2, -0.15) is 0 Å². The predicted octanol–water partition coefficient (Wildman–Crippen LogP) is 2.82. The Morgan fingerprint density at radius 1 is 1.12 bits per heavy atom. The van der Waals surface area contributed by atoms with Crippen molar-refractivity contribution in [3.8, 4) is 0 Å². The lowest BCUT2D eigenvalue weighted by atomic mass is 10.3. The third-order valence-electron chi connectivity index (χ3n) is 2.11. The van der Waals surface area contributed by atoms with E-state index >= 15 is 0 Å². The Morgan fingerprint density at radius 2 is 2.00 bits per heavy atom. The Balaban J connectivity index is 1.92. The second-order valence-electron chi connectivity index (χ2n) is 3.33. The van der Waals surface area contributed by atoms with Gasteiger partial charge in [-0.1, -0.05) is 12.1 Å². The molecule has 0 atom stereocenters. The van der Waals surface area contributed by atoms with Crippen molar-refractivity contribution in [1.29, 1.82) is 0 Å². The van der Waals surface area contributed by atoms with Crippen LogP contribution in [0.2, 0.25) is 0 Å². The van der Waals surface area contributed by atoms with Crippen LogP contribution in [0.15, 0.2) is 46.0 Å². The van der Waals surface area contributed by atoms with Crippen molar-refractivity contribution < 1.29 is 0 Å². The van der Waals surface area contributed by atoms with Crippen LogP contribution in [0.25, 0.3) is 10.2 Å². The van der Waals surface area contributed by atoms with E-state index in [0.29, 0.717) is 5.82 Å². The van der Waals surface area contributed by atoms with E-state index in [0.717, 1.165) is 14.9 Å². The highest BCUT2D eigenvalue weighted by molar-refractivity contribution is 8.01. The van der Waals surface area contributed by atoms with Crippen molar-refractivity contribution in [3.05, 3.63) is 36.7 Å². The second kappa shape index (κ2) is 4.31. The van der Waals surface area contributed by atoms with Crippen LogP contribution in [0.1, 0.15) is 0 Å². The molecule has 0 aliphatic rings. The average molecular weight is 260 g/mol. The van der Waals surface area contributed by atoms with E-state index in [1.165, 1.54) is 16.5 Å². The first-order valence-corrected chi connectivity index (χ1v) is 6.55. The fourth-order valence-corrected chi connectivity index (χ4v) is 3.29. The first-order valence-electron chi connectivity index (χ1n) is 4.92. The quantitative estimate of drug-likeness (QED) is 0.767. The molecule has 3 rings (SSSR count). The number of hydrogen-bond donors (Lipinski definition) is 1. The number of nitrogen functional groups attached to an aromatic ring is 1. The highest BCUT2D eigenvalue weighted by Crippen LogP contribution is 2.32. The van der Waals surface area contributed by atoms with Crippen molar-refractivity contribution in [3.63, 3.8) is 0 Å². The number of nitrogens with zero attached hydrogens (tertiary/aromatic N) is 3. The zero-order chi connectivity index (χ0) is 11.7. The number of benzene rings is 1. The minimum Gasteiger partial charge on any atom is -0.382 e. The van der Waals surface area contributed by atoms with Crippen LogP contribution in [0, 0.1) is 0 Å².